The molecule has 132 valence electrons. The third kappa shape index (κ3) is 3.70. The van der Waals surface area contributed by atoms with Gasteiger partial charge in [-0.25, -0.2) is 0 Å². The molecule has 0 radical (unpaired) electrons. The molecule has 6 heteroatoms. The van der Waals surface area contributed by atoms with Crippen molar-refractivity contribution in [2.75, 3.05) is 5.32 Å². The lowest BCUT2D eigenvalue weighted by Crippen LogP contribution is -2.20. The van der Waals surface area contributed by atoms with Crippen molar-refractivity contribution in [3.05, 3.63) is 46.1 Å². The number of halogens is 2. The van der Waals surface area contributed by atoms with Crippen molar-refractivity contribution in [2.24, 2.45) is 17.8 Å². The number of anilines is 1. The molecule has 1 heterocycles. The minimum atomic E-state index is 0.0681. The van der Waals surface area contributed by atoms with Crippen molar-refractivity contribution in [3.63, 3.8) is 0 Å². The minimum absolute atomic E-state index is 0.0681. The largest absolute Gasteiger partial charge is 0.309 e. The Hall–Kier alpha value is -1.52. The van der Waals surface area contributed by atoms with Gasteiger partial charge in [0.25, 0.3) is 0 Å². The average Bonchev–Trinajstić information content (AvgIpc) is 3.28. The third-order valence-corrected chi connectivity index (χ3v) is 6.33. The highest BCUT2D eigenvalue weighted by atomic mass is 35.5. The molecule has 1 aromatic carbocycles. The van der Waals surface area contributed by atoms with Crippen LogP contribution in [-0.2, 0) is 11.3 Å². The molecule has 2 aliphatic carbocycles. The van der Waals surface area contributed by atoms with E-state index in [1.807, 2.05) is 30.5 Å². The van der Waals surface area contributed by atoms with Crippen LogP contribution < -0.4 is 5.32 Å². The fourth-order valence-corrected chi connectivity index (χ4v) is 4.94. The molecule has 1 amide bonds. The lowest BCUT2D eigenvalue weighted by Gasteiger charge is -2.20. The number of carbonyl (C=O) groups is 1. The zero-order valence-electron chi connectivity index (χ0n) is 13.9. The number of carbonyl (C=O) groups excluding carboxylic acids is 1. The third-order valence-electron chi connectivity index (χ3n) is 5.62. The van der Waals surface area contributed by atoms with Gasteiger partial charge in [-0.05, 0) is 49.1 Å². The second kappa shape index (κ2) is 7.00. The van der Waals surface area contributed by atoms with Crippen LogP contribution in [0.1, 0.15) is 37.7 Å². The van der Waals surface area contributed by atoms with Gasteiger partial charge in [0.1, 0.15) is 0 Å². The van der Waals surface area contributed by atoms with Gasteiger partial charge >= 0.3 is 0 Å². The Morgan fingerprint density at radius 2 is 2.00 bits per heavy atom. The average molecular weight is 378 g/mol. The van der Waals surface area contributed by atoms with Crippen LogP contribution in [0.15, 0.2) is 30.5 Å². The molecule has 2 saturated carbocycles. The molecule has 2 fully saturated rings. The predicted octanol–water partition coefficient (Wildman–Crippen LogP) is 5.00. The van der Waals surface area contributed by atoms with Gasteiger partial charge in [0.2, 0.25) is 5.91 Å². The molecule has 0 spiro atoms. The maximum absolute atomic E-state index is 12.3. The summed E-state index contributed by atoms with van der Waals surface area (Å²) in [5.74, 6) is 2.83. The van der Waals surface area contributed by atoms with E-state index in [0.717, 1.165) is 17.4 Å². The van der Waals surface area contributed by atoms with Gasteiger partial charge in [-0.2, -0.15) is 5.10 Å². The molecule has 1 aromatic heterocycles. The molecule has 2 bridgehead atoms. The summed E-state index contributed by atoms with van der Waals surface area (Å²) in [5.41, 5.74) is 0.828. The number of nitrogens with zero attached hydrogens (tertiary/aromatic N) is 2. The molecule has 0 saturated heterocycles. The van der Waals surface area contributed by atoms with Crippen molar-refractivity contribution in [1.82, 2.24) is 9.78 Å². The van der Waals surface area contributed by atoms with E-state index in [1.165, 1.54) is 25.7 Å². The molecule has 25 heavy (non-hydrogen) atoms. The Morgan fingerprint density at radius 3 is 2.68 bits per heavy atom. The highest BCUT2D eigenvalue weighted by Crippen LogP contribution is 2.49. The molecular formula is C19H21Cl2N3O. The SMILES string of the molecule is O=C(CC1CC2CCC1C2)Nc1ccn(Cc2c(Cl)cccc2Cl)n1. The van der Waals surface area contributed by atoms with Crippen LogP contribution in [0.3, 0.4) is 0 Å². The van der Waals surface area contributed by atoms with E-state index in [1.54, 1.807) is 4.68 Å². The van der Waals surface area contributed by atoms with Gasteiger partial charge in [0.15, 0.2) is 5.82 Å². The van der Waals surface area contributed by atoms with Crippen LogP contribution in [0.5, 0.6) is 0 Å². The molecular weight excluding hydrogens is 357 g/mol. The van der Waals surface area contributed by atoms with Crippen molar-refractivity contribution < 1.29 is 4.79 Å². The van der Waals surface area contributed by atoms with Crippen molar-refractivity contribution in [3.8, 4) is 0 Å². The summed E-state index contributed by atoms with van der Waals surface area (Å²) in [7, 11) is 0. The summed E-state index contributed by atoms with van der Waals surface area (Å²) < 4.78 is 1.74. The summed E-state index contributed by atoms with van der Waals surface area (Å²) in [6, 6.07) is 7.25. The Labute approximate surface area is 157 Å². The van der Waals surface area contributed by atoms with E-state index in [4.69, 9.17) is 23.2 Å². The highest BCUT2D eigenvalue weighted by Gasteiger charge is 2.40. The topological polar surface area (TPSA) is 46.9 Å². The van der Waals surface area contributed by atoms with Crippen molar-refractivity contribution in [2.45, 2.75) is 38.6 Å². The number of amides is 1. The number of nitrogens with one attached hydrogen (secondary N) is 1. The first-order valence-electron chi connectivity index (χ1n) is 8.84. The second-order valence-electron chi connectivity index (χ2n) is 7.29. The van der Waals surface area contributed by atoms with Crippen molar-refractivity contribution in [1.29, 1.82) is 0 Å². The van der Waals surface area contributed by atoms with Gasteiger partial charge < -0.3 is 5.32 Å². The summed E-state index contributed by atoms with van der Waals surface area (Å²) >= 11 is 12.4. The van der Waals surface area contributed by atoms with Gasteiger partial charge in [0.05, 0.1) is 6.54 Å². The first-order chi connectivity index (χ1) is 12.1. The fraction of sp³-hybridized carbons (Fsp3) is 0.474. The van der Waals surface area contributed by atoms with Crippen LogP contribution in [0, 0.1) is 17.8 Å². The predicted molar refractivity (Wildman–Crippen MR) is 100.0 cm³/mol. The van der Waals surface area contributed by atoms with Crippen molar-refractivity contribution >= 4 is 34.9 Å². The van der Waals surface area contributed by atoms with E-state index in [-0.39, 0.29) is 5.91 Å². The maximum Gasteiger partial charge on any atom is 0.225 e. The number of hydrogen-bond donors (Lipinski definition) is 1. The molecule has 3 atom stereocenters. The van der Waals surface area contributed by atoms with Crippen LogP contribution in [0.2, 0.25) is 10.0 Å². The Balaban J connectivity index is 1.36. The van der Waals surface area contributed by atoms with Crippen LogP contribution >= 0.6 is 23.2 Å². The number of hydrogen-bond acceptors (Lipinski definition) is 2. The van der Waals surface area contributed by atoms with E-state index in [2.05, 4.69) is 10.4 Å². The summed E-state index contributed by atoms with van der Waals surface area (Å²) in [4.78, 5) is 12.3. The Kier molecular flexibility index (Phi) is 4.74. The minimum Gasteiger partial charge on any atom is -0.309 e. The van der Waals surface area contributed by atoms with Gasteiger partial charge in [-0.1, -0.05) is 35.7 Å². The molecule has 2 aliphatic rings. The van der Waals surface area contributed by atoms with E-state index in [0.29, 0.717) is 34.7 Å². The standard InChI is InChI=1S/C19H21Cl2N3O/c20-16-2-1-3-17(21)15(16)11-24-7-6-18(23-24)22-19(25)10-14-9-12-4-5-13(14)8-12/h1-3,6-7,12-14H,4-5,8-11H2,(H,22,23,25). The van der Waals surface area contributed by atoms with Gasteiger partial charge in [0, 0.05) is 34.3 Å². The number of rotatable bonds is 5. The Morgan fingerprint density at radius 1 is 1.20 bits per heavy atom. The second-order valence-corrected chi connectivity index (χ2v) is 8.10. The lowest BCUT2D eigenvalue weighted by molar-refractivity contribution is -0.117. The molecule has 0 aliphatic heterocycles. The quantitative estimate of drug-likeness (QED) is 0.796. The number of aromatic nitrogens is 2. The molecule has 4 rings (SSSR count). The van der Waals surface area contributed by atoms with Gasteiger partial charge in [-0.15, -0.1) is 0 Å². The summed E-state index contributed by atoms with van der Waals surface area (Å²) in [5, 5.41) is 8.58. The smallest absolute Gasteiger partial charge is 0.225 e. The highest BCUT2D eigenvalue weighted by molar-refractivity contribution is 6.35. The van der Waals surface area contributed by atoms with Crippen LogP contribution in [0.25, 0.3) is 0 Å². The summed E-state index contributed by atoms with van der Waals surface area (Å²) in [6.45, 7) is 0.473. The van der Waals surface area contributed by atoms with E-state index < -0.39 is 0 Å². The molecule has 4 nitrogen and oxygen atoms in total. The van der Waals surface area contributed by atoms with Crippen LogP contribution in [-0.4, -0.2) is 15.7 Å². The number of benzene rings is 1. The molecule has 1 N–H and O–H groups in total. The van der Waals surface area contributed by atoms with Gasteiger partial charge in [-0.3, -0.25) is 9.48 Å². The zero-order valence-corrected chi connectivity index (χ0v) is 15.4. The zero-order chi connectivity index (χ0) is 17.4. The Bertz CT molecular complexity index is 768. The lowest BCUT2D eigenvalue weighted by atomic mass is 9.86. The first kappa shape index (κ1) is 16.9. The van der Waals surface area contributed by atoms with E-state index >= 15 is 0 Å². The molecule has 3 unspecified atom stereocenters. The molecule has 2 aromatic rings. The normalized spacial score (nSPS) is 24.6. The maximum atomic E-state index is 12.3. The fourth-order valence-electron chi connectivity index (χ4n) is 4.42. The van der Waals surface area contributed by atoms with E-state index in [9.17, 15) is 4.79 Å². The number of fused-ring (bicyclic) bond motifs is 2. The summed E-state index contributed by atoms with van der Waals surface area (Å²) in [6.07, 6.45) is 7.65. The first-order valence-corrected chi connectivity index (χ1v) is 9.60. The monoisotopic (exact) mass is 377 g/mol. The van der Waals surface area contributed by atoms with Crippen LogP contribution in [0.4, 0.5) is 5.82 Å².